The van der Waals surface area contributed by atoms with Gasteiger partial charge in [0.15, 0.2) is 0 Å². The van der Waals surface area contributed by atoms with Crippen LogP contribution >= 0.6 is 0 Å². The maximum Gasteiger partial charge on any atom is 0.0715 e. The molecule has 0 unspecified atom stereocenters. The maximum atomic E-state index is 5.10. The van der Waals surface area contributed by atoms with Crippen LogP contribution < -0.4 is 0 Å². The zero-order valence-electron chi connectivity index (χ0n) is 29.4. The molecule has 3 nitrogen and oxygen atoms in total. The summed E-state index contributed by atoms with van der Waals surface area (Å²) in [6, 6.07) is 72.0. The number of para-hydroxylation sites is 2. The van der Waals surface area contributed by atoms with Crippen molar-refractivity contribution in [1.82, 2.24) is 14.1 Å². The zero-order valence-corrected chi connectivity index (χ0v) is 29.4. The molecular weight excluding hydrogens is 655 g/mol. The number of benzene rings is 8. The van der Waals surface area contributed by atoms with Gasteiger partial charge in [0.05, 0.1) is 33.5 Å². The predicted octanol–water partition coefficient (Wildman–Crippen LogP) is 13.4. The molecule has 54 heavy (non-hydrogen) atoms. The first-order valence-corrected chi connectivity index (χ1v) is 18.5. The van der Waals surface area contributed by atoms with Crippen molar-refractivity contribution in [3.63, 3.8) is 0 Å². The Hall–Kier alpha value is -7.23. The number of hydrogen-bond donors (Lipinski definition) is 0. The molecule has 0 aliphatic heterocycles. The SMILES string of the molecule is c1ccc(-c2cc(-c3ccc(-n4c5ccccc5c5c4ccc4c6cc7ccccc7cc6n(-c6ccccc6)c45)cc3)cc(-c3ccccc3)n2)cc1. The molecule has 3 heteroatoms. The van der Waals surface area contributed by atoms with Crippen molar-refractivity contribution >= 4 is 54.4 Å². The molecule has 11 aromatic rings. The number of rotatable bonds is 5. The van der Waals surface area contributed by atoms with Crippen LogP contribution in [-0.2, 0) is 0 Å². The number of hydrogen-bond acceptors (Lipinski definition) is 1. The van der Waals surface area contributed by atoms with Crippen LogP contribution in [0.15, 0.2) is 200 Å². The van der Waals surface area contributed by atoms with Crippen LogP contribution in [0.25, 0.3) is 99.4 Å². The summed E-state index contributed by atoms with van der Waals surface area (Å²) < 4.78 is 4.89. The Balaban J connectivity index is 1.13. The van der Waals surface area contributed by atoms with Gasteiger partial charge in [-0.1, -0.05) is 140 Å². The molecule has 8 aromatic carbocycles. The highest BCUT2D eigenvalue weighted by molar-refractivity contribution is 6.27. The van der Waals surface area contributed by atoms with E-state index in [2.05, 4.69) is 197 Å². The highest BCUT2D eigenvalue weighted by Gasteiger charge is 2.21. The molecule has 0 amide bonds. The van der Waals surface area contributed by atoms with Gasteiger partial charge in [0.25, 0.3) is 0 Å². The quantitative estimate of drug-likeness (QED) is 0.177. The Morgan fingerprint density at radius 3 is 1.57 bits per heavy atom. The molecule has 0 atom stereocenters. The lowest BCUT2D eigenvalue weighted by Crippen LogP contribution is -1.95. The molecule has 3 aromatic heterocycles. The maximum absolute atomic E-state index is 5.10. The van der Waals surface area contributed by atoms with Gasteiger partial charge in [-0.2, -0.15) is 0 Å². The van der Waals surface area contributed by atoms with Gasteiger partial charge < -0.3 is 9.13 Å². The van der Waals surface area contributed by atoms with Crippen LogP contribution in [0.3, 0.4) is 0 Å². The molecule has 0 fully saturated rings. The van der Waals surface area contributed by atoms with Crippen LogP contribution in [-0.4, -0.2) is 14.1 Å². The molecule has 252 valence electrons. The van der Waals surface area contributed by atoms with Crippen molar-refractivity contribution in [1.29, 1.82) is 0 Å². The third-order valence-electron chi connectivity index (χ3n) is 10.9. The van der Waals surface area contributed by atoms with Crippen molar-refractivity contribution in [3.05, 3.63) is 200 Å². The molecule has 0 bridgehead atoms. The molecule has 3 heterocycles. The van der Waals surface area contributed by atoms with E-state index in [9.17, 15) is 0 Å². The first-order chi connectivity index (χ1) is 26.8. The Labute approximate surface area is 312 Å². The standard InChI is InChI=1S/C51H33N3/c1-4-14-35(15-5-1)45-31-39(32-46(52-45)36-16-6-2-7-17-36)34-24-26-41(27-25-34)53-47-23-13-12-22-43(47)50-48(53)29-28-42-44-30-37-18-10-11-19-38(37)33-49(44)54(51(42)50)40-20-8-3-9-21-40/h1-33H. The lowest BCUT2D eigenvalue weighted by molar-refractivity contribution is 1.17. The molecular formula is C51H33N3. The minimum absolute atomic E-state index is 0.962. The molecule has 0 spiro atoms. The van der Waals surface area contributed by atoms with Gasteiger partial charge in [0, 0.05) is 44.0 Å². The fourth-order valence-electron chi connectivity index (χ4n) is 8.38. The van der Waals surface area contributed by atoms with Gasteiger partial charge in [0.2, 0.25) is 0 Å². The summed E-state index contributed by atoms with van der Waals surface area (Å²) in [4.78, 5) is 5.10. The lowest BCUT2D eigenvalue weighted by Gasteiger charge is -2.12. The average molecular weight is 688 g/mol. The Bertz CT molecular complexity index is 3120. The van der Waals surface area contributed by atoms with Gasteiger partial charge in [-0.15, -0.1) is 0 Å². The summed E-state index contributed by atoms with van der Waals surface area (Å²) in [6.45, 7) is 0. The smallest absolute Gasteiger partial charge is 0.0715 e. The first-order valence-electron chi connectivity index (χ1n) is 18.5. The predicted molar refractivity (Wildman–Crippen MR) is 227 cm³/mol. The van der Waals surface area contributed by atoms with Gasteiger partial charge in [0.1, 0.15) is 0 Å². The van der Waals surface area contributed by atoms with Gasteiger partial charge in [-0.25, -0.2) is 4.98 Å². The highest BCUT2D eigenvalue weighted by Crippen LogP contribution is 2.43. The largest absolute Gasteiger partial charge is 0.309 e. The molecule has 0 saturated carbocycles. The number of pyridine rings is 1. The Morgan fingerprint density at radius 2 is 0.889 bits per heavy atom. The van der Waals surface area contributed by atoms with Crippen LogP contribution in [0.4, 0.5) is 0 Å². The summed E-state index contributed by atoms with van der Waals surface area (Å²) in [6.07, 6.45) is 0. The lowest BCUT2D eigenvalue weighted by atomic mass is 10.00. The molecule has 0 saturated heterocycles. The monoisotopic (exact) mass is 687 g/mol. The van der Waals surface area contributed by atoms with Crippen molar-refractivity contribution in [2.75, 3.05) is 0 Å². The summed E-state index contributed by atoms with van der Waals surface area (Å²) in [5, 5.41) is 7.50. The first kappa shape index (κ1) is 30.4. The van der Waals surface area contributed by atoms with Crippen molar-refractivity contribution in [3.8, 4) is 45.0 Å². The van der Waals surface area contributed by atoms with E-state index >= 15 is 0 Å². The van der Waals surface area contributed by atoms with Crippen molar-refractivity contribution < 1.29 is 0 Å². The minimum atomic E-state index is 0.962. The van der Waals surface area contributed by atoms with Gasteiger partial charge >= 0.3 is 0 Å². The molecule has 0 aliphatic carbocycles. The minimum Gasteiger partial charge on any atom is -0.309 e. The molecule has 0 aliphatic rings. The number of nitrogens with zero attached hydrogens (tertiary/aromatic N) is 3. The summed E-state index contributed by atoms with van der Waals surface area (Å²) >= 11 is 0. The summed E-state index contributed by atoms with van der Waals surface area (Å²) in [5.74, 6) is 0. The Morgan fingerprint density at radius 1 is 0.315 bits per heavy atom. The van der Waals surface area contributed by atoms with E-state index in [-0.39, 0.29) is 0 Å². The van der Waals surface area contributed by atoms with E-state index in [1.165, 1.54) is 54.4 Å². The van der Waals surface area contributed by atoms with Crippen LogP contribution in [0.2, 0.25) is 0 Å². The Kier molecular flexibility index (Phi) is 6.86. The second-order valence-electron chi connectivity index (χ2n) is 14.0. The van der Waals surface area contributed by atoms with E-state index in [0.717, 1.165) is 45.0 Å². The van der Waals surface area contributed by atoms with E-state index in [1.807, 2.05) is 12.1 Å². The number of aromatic nitrogens is 3. The second kappa shape index (κ2) is 12.2. The van der Waals surface area contributed by atoms with E-state index in [4.69, 9.17) is 4.98 Å². The normalized spacial score (nSPS) is 11.7. The fraction of sp³-hybridized carbons (Fsp3) is 0. The van der Waals surface area contributed by atoms with Crippen molar-refractivity contribution in [2.24, 2.45) is 0 Å². The molecule has 11 rings (SSSR count). The summed E-state index contributed by atoms with van der Waals surface area (Å²) in [5.41, 5.74) is 13.5. The van der Waals surface area contributed by atoms with Crippen molar-refractivity contribution in [2.45, 2.75) is 0 Å². The number of fused-ring (bicyclic) bond motifs is 8. The second-order valence-corrected chi connectivity index (χ2v) is 14.0. The average Bonchev–Trinajstić information content (AvgIpc) is 3.76. The fourth-order valence-corrected chi connectivity index (χ4v) is 8.38. The van der Waals surface area contributed by atoms with Gasteiger partial charge in [-0.05, 0) is 82.6 Å². The van der Waals surface area contributed by atoms with Gasteiger partial charge in [-0.3, -0.25) is 0 Å². The third kappa shape index (κ3) is 4.79. The highest BCUT2D eigenvalue weighted by atomic mass is 15.0. The molecule has 0 radical (unpaired) electrons. The third-order valence-corrected chi connectivity index (χ3v) is 10.9. The van der Waals surface area contributed by atoms with Crippen LogP contribution in [0, 0.1) is 0 Å². The van der Waals surface area contributed by atoms with E-state index in [1.54, 1.807) is 0 Å². The van der Waals surface area contributed by atoms with Crippen LogP contribution in [0.1, 0.15) is 0 Å². The van der Waals surface area contributed by atoms with E-state index in [0.29, 0.717) is 0 Å². The van der Waals surface area contributed by atoms with E-state index < -0.39 is 0 Å². The zero-order chi connectivity index (χ0) is 35.6. The van der Waals surface area contributed by atoms with Crippen LogP contribution in [0.5, 0.6) is 0 Å². The topological polar surface area (TPSA) is 22.8 Å². The molecule has 0 N–H and O–H groups in total. The summed E-state index contributed by atoms with van der Waals surface area (Å²) in [7, 11) is 0.